The van der Waals surface area contributed by atoms with E-state index in [-0.39, 0.29) is 5.91 Å². The highest BCUT2D eigenvalue weighted by atomic mass is 16.2. The van der Waals surface area contributed by atoms with Crippen molar-refractivity contribution in [3.8, 4) is 0 Å². The summed E-state index contributed by atoms with van der Waals surface area (Å²) in [6.07, 6.45) is 2.25. The van der Waals surface area contributed by atoms with Crippen molar-refractivity contribution in [1.29, 1.82) is 0 Å². The van der Waals surface area contributed by atoms with Crippen LogP contribution in [0.2, 0.25) is 0 Å². The summed E-state index contributed by atoms with van der Waals surface area (Å²) in [5, 5.41) is 3.34. The summed E-state index contributed by atoms with van der Waals surface area (Å²) in [7, 11) is 1.91. The van der Waals surface area contributed by atoms with E-state index in [4.69, 9.17) is 0 Å². The first-order valence-corrected chi connectivity index (χ1v) is 6.23. The second-order valence-corrected chi connectivity index (χ2v) is 4.73. The average molecular weight is 232 g/mol. The number of hydrogen-bond acceptors (Lipinski definition) is 2. The number of carbonyl (C=O) groups is 1. The molecule has 0 spiro atoms. The largest absolute Gasteiger partial charge is 0.337 e. The monoisotopic (exact) mass is 232 g/mol. The molecule has 1 N–H and O–H groups in total. The molecule has 2 rings (SSSR count). The van der Waals surface area contributed by atoms with Crippen LogP contribution in [0.4, 0.5) is 0 Å². The summed E-state index contributed by atoms with van der Waals surface area (Å²) in [6, 6.07) is 8.11. The first-order chi connectivity index (χ1) is 8.20. The first-order valence-electron chi connectivity index (χ1n) is 6.23. The van der Waals surface area contributed by atoms with Crippen molar-refractivity contribution in [1.82, 2.24) is 10.2 Å². The van der Waals surface area contributed by atoms with E-state index in [1.165, 1.54) is 0 Å². The normalized spacial score (nSPS) is 20.0. The molecule has 1 atom stereocenters. The van der Waals surface area contributed by atoms with E-state index in [1.807, 2.05) is 43.1 Å². The number of nitrogens with one attached hydrogen (secondary N) is 1. The minimum atomic E-state index is 0.136. The molecule has 0 radical (unpaired) electrons. The van der Waals surface area contributed by atoms with Gasteiger partial charge in [0, 0.05) is 25.2 Å². The maximum absolute atomic E-state index is 12.4. The van der Waals surface area contributed by atoms with E-state index >= 15 is 0 Å². The lowest BCUT2D eigenvalue weighted by Gasteiger charge is -2.32. The average Bonchev–Trinajstić information content (AvgIpc) is 2.39. The van der Waals surface area contributed by atoms with Crippen LogP contribution in [0, 0.1) is 6.92 Å². The maximum Gasteiger partial charge on any atom is 0.254 e. The molecule has 1 aromatic rings. The molecule has 1 saturated heterocycles. The van der Waals surface area contributed by atoms with E-state index in [2.05, 4.69) is 5.32 Å². The third-order valence-corrected chi connectivity index (χ3v) is 3.51. The van der Waals surface area contributed by atoms with E-state index in [9.17, 15) is 4.79 Å². The highest BCUT2D eigenvalue weighted by Gasteiger charge is 2.23. The molecule has 0 unspecified atom stereocenters. The third-order valence-electron chi connectivity index (χ3n) is 3.51. The van der Waals surface area contributed by atoms with Crippen molar-refractivity contribution < 1.29 is 4.79 Å². The van der Waals surface area contributed by atoms with Gasteiger partial charge in [-0.05, 0) is 37.9 Å². The lowest BCUT2D eigenvalue weighted by atomic mass is 10.0. The van der Waals surface area contributed by atoms with Crippen LogP contribution < -0.4 is 5.32 Å². The van der Waals surface area contributed by atoms with Crippen LogP contribution in [0.5, 0.6) is 0 Å². The Morgan fingerprint density at radius 1 is 1.41 bits per heavy atom. The predicted molar refractivity (Wildman–Crippen MR) is 69.2 cm³/mol. The number of nitrogens with zero attached hydrogens (tertiary/aromatic N) is 1. The number of rotatable bonds is 2. The van der Waals surface area contributed by atoms with E-state index in [0.29, 0.717) is 6.04 Å². The number of hydrogen-bond donors (Lipinski definition) is 1. The topological polar surface area (TPSA) is 32.3 Å². The molecule has 1 aliphatic heterocycles. The van der Waals surface area contributed by atoms with Gasteiger partial charge in [-0.2, -0.15) is 0 Å². The van der Waals surface area contributed by atoms with Gasteiger partial charge in [0.1, 0.15) is 0 Å². The molecule has 0 saturated carbocycles. The van der Waals surface area contributed by atoms with Crippen LogP contribution >= 0.6 is 0 Å². The Labute approximate surface area is 103 Å². The summed E-state index contributed by atoms with van der Waals surface area (Å²) in [4.78, 5) is 14.2. The molecule has 1 fully saturated rings. The molecule has 0 bridgehead atoms. The summed E-state index contributed by atoms with van der Waals surface area (Å²) >= 11 is 0. The summed E-state index contributed by atoms with van der Waals surface area (Å²) in [5.74, 6) is 0.136. The van der Waals surface area contributed by atoms with Crippen molar-refractivity contribution in [2.45, 2.75) is 25.8 Å². The third kappa shape index (κ3) is 2.67. The Hall–Kier alpha value is -1.35. The Balaban J connectivity index is 2.11. The van der Waals surface area contributed by atoms with Crippen LogP contribution in [0.15, 0.2) is 24.3 Å². The fraction of sp³-hybridized carbons (Fsp3) is 0.500. The van der Waals surface area contributed by atoms with Crippen LogP contribution in [0.1, 0.15) is 28.8 Å². The molecule has 0 aromatic heterocycles. The second-order valence-electron chi connectivity index (χ2n) is 4.73. The van der Waals surface area contributed by atoms with Gasteiger partial charge >= 0.3 is 0 Å². The zero-order valence-electron chi connectivity index (χ0n) is 10.6. The minimum absolute atomic E-state index is 0.136. The fourth-order valence-corrected chi connectivity index (χ4v) is 2.33. The zero-order chi connectivity index (χ0) is 12.3. The predicted octanol–water partition coefficient (Wildman–Crippen LogP) is 1.82. The molecule has 1 aromatic carbocycles. The second kappa shape index (κ2) is 5.32. The first kappa shape index (κ1) is 12.1. The highest BCUT2D eigenvalue weighted by Crippen LogP contribution is 2.15. The number of amides is 1. The van der Waals surface area contributed by atoms with Crippen LogP contribution in [-0.2, 0) is 0 Å². The van der Waals surface area contributed by atoms with Gasteiger partial charge in [-0.1, -0.05) is 18.2 Å². The van der Waals surface area contributed by atoms with Crippen molar-refractivity contribution in [2.24, 2.45) is 0 Å². The molecule has 3 heteroatoms. The molecule has 1 aliphatic rings. The number of benzene rings is 1. The molecule has 1 amide bonds. The quantitative estimate of drug-likeness (QED) is 0.843. The van der Waals surface area contributed by atoms with Crippen molar-refractivity contribution >= 4 is 5.91 Å². The number of carbonyl (C=O) groups excluding carboxylic acids is 1. The molecular formula is C14H20N2O. The molecule has 92 valence electrons. The van der Waals surface area contributed by atoms with Gasteiger partial charge < -0.3 is 10.2 Å². The summed E-state index contributed by atoms with van der Waals surface area (Å²) < 4.78 is 0. The van der Waals surface area contributed by atoms with Crippen LogP contribution in [-0.4, -0.2) is 37.0 Å². The van der Waals surface area contributed by atoms with Gasteiger partial charge in [-0.25, -0.2) is 0 Å². The summed E-state index contributed by atoms with van der Waals surface area (Å²) in [6.45, 7) is 3.97. The van der Waals surface area contributed by atoms with Crippen molar-refractivity contribution in [3.63, 3.8) is 0 Å². The number of piperidine rings is 1. The zero-order valence-corrected chi connectivity index (χ0v) is 10.6. The molecule has 0 aliphatic carbocycles. The van der Waals surface area contributed by atoms with E-state index < -0.39 is 0 Å². The van der Waals surface area contributed by atoms with Gasteiger partial charge in [0.05, 0.1) is 0 Å². The van der Waals surface area contributed by atoms with Gasteiger partial charge in [0.15, 0.2) is 0 Å². The van der Waals surface area contributed by atoms with Gasteiger partial charge in [-0.3, -0.25) is 4.79 Å². The standard InChI is InChI=1S/C14H20N2O/c1-11-6-3-4-8-13(11)14(17)16(2)12-7-5-9-15-10-12/h3-4,6,8,12,15H,5,7,9-10H2,1-2H3/t12-/m0/s1. The molecule has 3 nitrogen and oxygen atoms in total. The SMILES string of the molecule is Cc1ccccc1C(=O)N(C)[C@H]1CCCNC1. The lowest BCUT2D eigenvalue weighted by molar-refractivity contribution is 0.0707. The van der Waals surface area contributed by atoms with E-state index in [1.54, 1.807) is 0 Å². The Bertz CT molecular complexity index is 397. The van der Waals surface area contributed by atoms with Gasteiger partial charge in [0.25, 0.3) is 5.91 Å². The van der Waals surface area contributed by atoms with E-state index in [0.717, 1.165) is 37.1 Å². The molecule has 1 heterocycles. The number of aryl methyl sites for hydroxylation is 1. The van der Waals surface area contributed by atoms with Crippen LogP contribution in [0.3, 0.4) is 0 Å². The van der Waals surface area contributed by atoms with Crippen molar-refractivity contribution in [2.75, 3.05) is 20.1 Å². The van der Waals surface area contributed by atoms with Crippen LogP contribution in [0.25, 0.3) is 0 Å². The minimum Gasteiger partial charge on any atom is -0.337 e. The number of likely N-dealkylation sites (N-methyl/N-ethyl adjacent to an activating group) is 1. The summed E-state index contributed by atoms with van der Waals surface area (Å²) in [5.41, 5.74) is 1.87. The van der Waals surface area contributed by atoms with Gasteiger partial charge in [-0.15, -0.1) is 0 Å². The Morgan fingerprint density at radius 3 is 2.82 bits per heavy atom. The Morgan fingerprint density at radius 2 is 2.18 bits per heavy atom. The molecular weight excluding hydrogens is 212 g/mol. The van der Waals surface area contributed by atoms with Gasteiger partial charge in [0.2, 0.25) is 0 Å². The lowest BCUT2D eigenvalue weighted by Crippen LogP contribution is -2.46. The van der Waals surface area contributed by atoms with Crippen molar-refractivity contribution in [3.05, 3.63) is 35.4 Å². The smallest absolute Gasteiger partial charge is 0.254 e. The highest BCUT2D eigenvalue weighted by molar-refractivity contribution is 5.95. The molecule has 17 heavy (non-hydrogen) atoms. The fourth-order valence-electron chi connectivity index (χ4n) is 2.33. The maximum atomic E-state index is 12.4. The Kier molecular flexibility index (Phi) is 3.79.